The number of rotatable bonds is 4. The second-order valence-corrected chi connectivity index (χ2v) is 7.24. The van der Waals surface area contributed by atoms with Crippen molar-refractivity contribution in [1.29, 1.82) is 0 Å². The number of thiophene rings is 1. The van der Waals surface area contributed by atoms with E-state index in [1.54, 1.807) is 11.3 Å². The number of aryl methyl sites for hydroxylation is 1. The average molecular weight is 295 g/mol. The van der Waals surface area contributed by atoms with Gasteiger partial charge in [-0.05, 0) is 51.9 Å². The Balaban J connectivity index is 1.81. The number of hydrogen-bond acceptors (Lipinski definition) is 3. The van der Waals surface area contributed by atoms with Crippen LogP contribution in [0.4, 0.5) is 4.79 Å². The number of amides is 2. The molecule has 1 aliphatic heterocycles. The highest BCUT2D eigenvalue weighted by Crippen LogP contribution is 2.22. The Morgan fingerprint density at radius 2 is 2.35 bits per heavy atom. The molecule has 0 radical (unpaired) electrons. The zero-order valence-electron chi connectivity index (χ0n) is 12.8. The van der Waals surface area contributed by atoms with Crippen LogP contribution in [-0.2, 0) is 0 Å². The Hall–Kier alpha value is -1.07. The molecular weight excluding hydrogens is 270 g/mol. The van der Waals surface area contributed by atoms with Crippen LogP contribution in [0, 0.1) is 12.8 Å². The first kappa shape index (κ1) is 15.3. The molecule has 1 aliphatic rings. The van der Waals surface area contributed by atoms with Gasteiger partial charge in [0.25, 0.3) is 0 Å². The summed E-state index contributed by atoms with van der Waals surface area (Å²) in [6.07, 6.45) is 1.19. The molecule has 1 aromatic heterocycles. The second-order valence-electron chi connectivity index (χ2n) is 5.92. The number of hydrogen-bond donors (Lipinski definition) is 1. The first-order valence-electron chi connectivity index (χ1n) is 7.22. The van der Waals surface area contributed by atoms with Gasteiger partial charge in [-0.2, -0.15) is 0 Å². The Labute approximate surface area is 125 Å². The number of nitrogens with one attached hydrogen (secondary N) is 1. The normalized spacial score (nSPS) is 20.9. The molecule has 0 saturated carbocycles. The summed E-state index contributed by atoms with van der Waals surface area (Å²) in [4.78, 5) is 18.8. The van der Waals surface area contributed by atoms with E-state index in [1.807, 2.05) is 18.9 Å². The molecule has 2 atom stereocenters. The van der Waals surface area contributed by atoms with Gasteiger partial charge in [0.05, 0.1) is 6.04 Å². The topological polar surface area (TPSA) is 35.6 Å². The van der Waals surface area contributed by atoms with Crippen LogP contribution in [0.5, 0.6) is 0 Å². The molecule has 2 amide bonds. The van der Waals surface area contributed by atoms with Gasteiger partial charge in [0.1, 0.15) is 0 Å². The molecule has 5 heteroatoms. The predicted molar refractivity (Wildman–Crippen MR) is 84.2 cm³/mol. The maximum absolute atomic E-state index is 12.2. The highest BCUT2D eigenvalue weighted by Gasteiger charge is 2.23. The van der Waals surface area contributed by atoms with Gasteiger partial charge >= 0.3 is 6.03 Å². The molecule has 4 nitrogen and oxygen atoms in total. The van der Waals surface area contributed by atoms with Gasteiger partial charge < -0.3 is 15.1 Å². The monoisotopic (exact) mass is 295 g/mol. The van der Waals surface area contributed by atoms with Crippen LogP contribution in [0.3, 0.4) is 0 Å². The summed E-state index contributed by atoms with van der Waals surface area (Å²) in [5.74, 6) is 0.607. The lowest BCUT2D eigenvalue weighted by Gasteiger charge is -2.23. The third-order valence-corrected chi connectivity index (χ3v) is 5.08. The number of carbonyl (C=O) groups is 1. The molecular formula is C15H25N3OS. The lowest BCUT2D eigenvalue weighted by molar-refractivity contribution is 0.197. The van der Waals surface area contributed by atoms with E-state index in [1.165, 1.54) is 16.2 Å². The summed E-state index contributed by atoms with van der Waals surface area (Å²) in [5, 5.41) is 3.08. The first-order valence-corrected chi connectivity index (χ1v) is 8.04. The molecule has 0 aliphatic carbocycles. The fraction of sp³-hybridized carbons (Fsp3) is 0.667. The van der Waals surface area contributed by atoms with Gasteiger partial charge in [0.2, 0.25) is 0 Å². The highest BCUT2D eigenvalue weighted by atomic mass is 32.1. The van der Waals surface area contributed by atoms with E-state index in [0.717, 1.165) is 19.6 Å². The minimum atomic E-state index is 0.0260. The van der Waals surface area contributed by atoms with Crippen LogP contribution in [-0.4, -0.2) is 49.6 Å². The molecule has 112 valence electrons. The van der Waals surface area contributed by atoms with E-state index in [4.69, 9.17) is 0 Å². The Kier molecular flexibility index (Phi) is 5.05. The molecule has 2 heterocycles. The van der Waals surface area contributed by atoms with Crippen molar-refractivity contribution in [3.8, 4) is 0 Å². The van der Waals surface area contributed by atoms with Crippen LogP contribution in [0.25, 0.3) is 0 Å². The molecule has 2 rings (SSSR count). The third kappa shape index (κ3) is 3.96. The molecule has 20 heavy (non-hydrogen) atoms. The van der Waals surface area contributed by atoms with Gasteiger partial charge in [0, 0.05) is 29.9 Å². The minimum Gasteiger partial charge on any atom is -0.331 e. The van der Waals surface area contributed by atoms with Gasteiger partial charge in [-0.15, -0.1) is 11.3 Å². The van der Waals surface area contributed by atoms with E-state index in [-0.39, 0.29) is 12.1 Å². The smallest absolute Gasteiger partial charge is 0.317 e. The van der Waals surface area contributed by atoms with Gasteiger partial charge in [-0.3, -0.25) is 0 Å². The maximum atomic E-state index is 12.2. The molecule has 1 N–H and O–H groups in total. The van der Waals surface area contributed by atoms with Gasteiger partial charge in [-0.1, -0.05) is 0 Å². The summed E-state index contributed by atoms with van der Waals surface area (Å²) in [6.45, 7) is 7.21. The number of urea groups is 1. The van der Waals surface area contributed by atoms with Gasteiger partial charge in [-0.25, -0.2) is 4.79 Å². The minimum absolute atomic E-state index is 0.0260. The van der Waals surface area contributed by atoms with Crippen molar-refractivity contribution in [2.45, 2.75) is 26.3 Å². The third-order valence-electron chi connectivity index (χ3n) is 3.90. The first-order chi connectivity index (χ1) is 9.45. The summed E-state index contributed by atoms with van der Waals surface area (Å²) in [7, 11) is 4.03. The number of likely N-dealkylation sites (tertiary alicyclic amines) is 1. The van der Waals surface area contributed by atoms with Crippen LogP contribution < -0.4 is 5.32 Å². The van der Waals surface area contributed by atoms with Crippen LogP contribution in [0.15, 0.2) is 12.1 Å². The van der Waals surface area contributed by atoms with E-state index in [2.05, 4.69) is 36.3 Å². The molecule has 1 aromatic rings. The van der Waals surface area contributed by atoms with Crippen molar-refractivity contribution in [1.82, 2.24) is 15.1 Å². The zero-order valence-corrected chi connectivity index (χ0v) is 13.7. The van der Waals surface area contributed by atoms with E-state index in [9.17, 15) is 4.79 Å². The Morgan fingerprint density at radius 1 is 1.60 bits per heavy atom. The maximum Gasteiger partial charge on any atom is 0.317 e. The highest BCUT2D eigenvalue weighted by molar-refractivity contribution is 7.12. The largest absolute Gasteiger partial charge is 0.331 e. The second kappa shape index (κ2) is 6.59. The molecule has 0 unspecified atom stereocenters. The summed E-state index contributed by atoms with van der Waals surface area (Å²) in [6, 6.07) is 4.30. The van der Waals surface area contributed by atoms with E-state index >= 15 is 0 Å². The molecule has 0 aromatic carbocycles. The molecule has 1 saturated heterocycles. The van der Waals surface area contributed by atoms with Crippen LogP contribution in [0.2, 0.25) is 0 Å². The van der Waals surface area contributed by atoms with Crippen molar-refractivity contribution < 1.29 is 4.79 Å². The van der Waals surface area contributed by atoms with Crippen molar-refractivity contribution in [3.63, 3.8) is 0 Å². The fourth-order valence-electron chi connectivity index (χ4n) is 2.70. The molecule has 1 fully saturated rings. The fourth-order valence-corrected chi connectivity index (χ4v) is 3.58. The number of nitrogens with zero attached hydrogens (tertiary/aromatic N) is 2. The Morgan fingerprint density at radius 3 is 2.90 bits per heavy atom. The lowest BCUT2D eigenvalue weighted by Crippen LogP contribution is -2.41. The zero-order chi connectivity index (χ0) is 14.7. The number of carbonyl (C=O) groups excluding carboxylic acids is 1. The summed E-state index contributed by atoms with van der Waals surface area (Å²) < 4.78 is 0. The average Bonchev–Trinajstić information content (AvgIpc) is 2.98. The van der Waals surface area contributed by atoms with Crippen molar-refractivity contribution in [3.05, 3.63) is 21.9 Å². The quantitative estimate of drug-likeness (QED) is 0.927. The standard InChI is InChI=1S/C15H25N3OS/c1-11-5-6-14(20-11)12(2)16-15(19)18(4)10-13-7-8-17(3)9-13/h5-6,12-13H,7-10H2,1-4H3,(H,16,19)/t12-,13-/m0/s1. The summed E-state index contributed by atoms with van der Waals surface area (Å²) in [5.41, 5.74) is 0. The van der Waals surface area contributed by atoms with E-state index < -0.39 is 0 Å². The Bertz CT molecular complexity index is 460. The van der Waals surface area contributed by atoms with Crippen molar-refractivity contribution in [2.75, 3.05) is 33.7 Å². The SMILES string of the molecule is Cc1ccc([C@H](C)NC(=O)N(C)C[C@H]2CCN(C)C2)s1. The molecule has 0 spiro atoms. The van der Waals surface area contributed by atoms with Crippen molar-refractivity contribution in [2.24, 2.45) is 5.92 Å². The van der Waals surface area contributed by atoms with Crippen LogP contribution in [0.1, 0.15) is 29.1 Å². The van der Waals surface area contributed by atoms with Crippen LogP contribution >= 0.6 is 11.3 Å². The van der Waals surface area contributed by atoms with Crippen molar-refractivity contribution >= 4 is 17.4 Å². The lowest BCUT2D eigenvalue weighted by atomic mass is 10.1. The molecule has 0 bridgehead atoms. The van der Waals surface area contributed by atoms with Gasteiger partial charge in [0.15, 0.2) is 0 Å². The summed E-state index contributed by atoms with van der Waals surface area (Å²) >= 11 is 1.74. The predicted octanol–water partition coefficient (Wildman–Crippen LogP) is 2.71. The van der Waals surface area contributed by atoms with E-state index in [0.29, 0.717) is 5.92 Å².